The number of alkyl halides is 2. The van der Waals surface area contributed by atoms with Crippen LogP contribution in [0.15, 0.2) is 30.3 Å². The Hall–Kier alpha value is -2.96. The van der Waals surface area contributed by atoms with Gasteiger partial charge in [0.05, 0.1) is 26.4 Å². The summed E-state index contributed by atoms with van der Waals surface area (Å²) >= 11 is 7.02. The molecule has 1 aliphatic rings. The average molecular weight is 707 g/mol. The van der Waals surface area contributed by atoms with Crippen LogP contribution in [-0.2, 0) is 26.2 Å². The van der Waals surface area contributed by atoms with Crippen molar-refractivity contribution in [2.75, 3.05) is 21.3 Å². The minimum atomic E-state index is -4.08. The largest absolute Gasteiger partial charge is 0.586 e. The molecule has 0 aromatic heterocycles. The van der Waals surface area contributed by atoms with Gasteiger partial charge in [0.1, 0.15) is 11.5 Å². The maximum Gasteiger partial charge on any atom is 0.586 e. The molecule has 0 unspecified atom stereocenters. The maximum atomic E-state index is 16.7. The second kappa shape index (κ2) is 12.1. The number of hydrogen-bond donors (Lipinski definition) is 0. The molecule has 0 atom stereocenters. The molecule has 6 nitrogen and oxygen atoms in total. The van der Waals surface area contributed by atoms with Crippen LogP contribution in [0, 0.1) is 0 Å². The predicted molar refractivity (Wildman–Crippen MR) is 192 cm³/mol. The summed E-state index contributed by atoms with van der Waals surface area (Å²) in [6.07, 6.45) is -3.99. The monoisotopic (exact) mass is 706 g/mol. The van der Waals surface area contributed by atoms with Gasteiger partial charge in [-0.05, 0) is 52.0 Å². The first kappa shape index (κ1) is 37.9. The highest BCUT2D eigenvalue weighted by Gasteiger charge is 2.49. The van der Waals surface area contributed by atoms with Gasteiger partial charge in [0.15, 0.2) is 18.6 Å². The lowest BCUT2D eigenvalue weighted by molar-refractivity contribution is -0.287. The van der Waals surface area contributed by atoms with Crippen molar-refractivity contribution in [3.63, 3.8) is 0 Å². The fraction of sp³-hybridized carbons (Fsp3) is 0.526. The topological polar surface area (TPSA) is 63.2 Å². The van der Waals surface area contributed by atoms with Crippen molar-refractivity contribution in [1.29, 1.82) is 0 Å². The summed E-state index contributed by atoms with van der Waals surface area (Å²) < 4.78 is 73.1. The highest BCUT2D eigenvalue weighted by atomic mass is 35.5. The summed E-state index contributed by atoms with van der Waals surface area (Å²) in [5, 5.41) is 0.744. The number of fused-ring (bicyclic) bond motifs is 1. The Balaban J connectivity index is 2.34. The molecular weight excluding hydrogens is 657 g/mol. The molecule has 48 heavy (non-hydrogen) atoms. The first-order valence-corrected chi connectivity index (χ1v) is 18.0. The lowest BCUT2D eigenvalue weighted by atomic mass is 9.79. The Morgan fingerprint density at radius 1 is 0.604 bits per heavy atom. The van der Waals surface area contributed by atoms with Crippen LogP contribution in [0.1, 0.15) is 105 Å². The molecule has 0 spiro atoms. The second-order valence-electron chi connectivity index (χ2n) is 16.5. The minimum Gasteiger partial charge on any atom is -0.496 e. The molecule has 4 rings (SSSR count). The maximum absolute atomic E-state index is 16.7. The van der Waals surface area contributed by atoms with E-state index in [1.807, 2.05) is 24.3 Å². The molecule has 3 aromatic rings. The number of rotatable bonds is 6. The number of hydrogen-bond acceptors (Lipinski definition) is 6. The third-order valence-electron chi connectivity index (χ3n) is 8.64. The molecule has 0 amide bonds. The van der Waals surface area contributed by atoms with E-state index in [1.165, 1.54) is 13.2 Å². The Morgan fingerprint density at radius 3 is 1.23 bits per heavy atom. The summed E-state index contributed by atoms with van der Waals surface area (Å²) in [6, 6.07) is 9.02. The van der Waals surface area contributed by atoms with E-state index in [0.717, 1.165) is 22.3 Å². The Bertz CT molecular complexity index is 1630. The first-order valence-electron chi connectivity index (χ1n) is 16.0. The van der Waals surface area contributed by atoms with Crippen LogP contribution in [-0.4, -0.2) is 27.6 Å². The Kier molecular flexibility index (Phi) is 9.56. The van der Waals surface area contributed by atoms with Crippen LogP contribution >= 0.6 is 18.7 Å². The fourth-order valence-electron chi connectivity index (χ4n) is 6.09. The van der Waals surface area contributed by atoms with Gasteiger partial charge < -0.3 is 28.2 Å². The number of halogens is 3. The predicted octanol–water partition coefficient (Wildman–Crippen LogP) is 9.52. The van der Waals surface area contributed by atoms with Gasteiger partial charge >= 0.3 is 6.29 Å². The van der Waals surface area contributed by atoms with E-state index < -0.39 is 40.8 Å². The van der Waals surface area contributed by atoms with E-state index in [1.54, 1.807) is 14.2 Å². The van der Waals surface area contributed by atoms with Crippen molar-refractivity contribution in [3.05, 3.63) is 57.6 Å². The van der Waals surface area contributed by atoms with Crippen molar-refractivity contribution in [2.45, 2.75) is 111 Å². The van der Waals surface area contributed by atoms with E-state index in [-0.39, 0.29) is 21.8 Å². The molecule has 0 aliphatic carbocycles. The summed E-state index contributed by atoms with van der Waals surface area (Å²) in [5.74, 6) is 0.517. The lowest BCUT2D eigenvalue weighted by Crippen LogP contribution is -2.32. The third-order valence-corrected chi connectivity index (χ3v) is 12.1. The van der Waals surface area contributed by atoms with E-state index in [4.69, 9.17) is 35.3 Å². The van der Waals surface area contributed by atoms with Crippen molar-refractivity contribution in [2.24, 2.45) is 0 Å². The van der Waals surface area contributed by atoms with E-state index >= 15 is 4.57 Å². The Labute approximate surface area is 289 Å². The summed E-state index contributed by atoms with van der Waals surface area (Å²) in [7, 11) is 0.510. The Morgan fingerprint density at radius 2 is 0.938 bits per heavy atom. The molecule has 1 aliphatic heterocycles. The van der Waals surface area contributed by atoms with E-state index in [9.17, 15) is 8.78 Å². The van der Waals surface area contributed by atoms with Gasteiger partial charge in [-0.1, -0.05) is 94.7 Å². The van der Waals surface area contributed by atoms with Gasteiger partial charge in [0, 0.05) is 38.2 Å². The van der Waals surface area contributed by atoms with Gasteiger partial charge in [0.25, 0.3) is 0 Å². The van der Waals surface area contributed by atoms with Gasteiger partial charge in [-0.2, -0.15) is 0 Å². The van der Waals surface area contributed by atoms with Crippen molar-refractivity contribution < 1.29 is 37.0 Å². The van der Waals surface area contributed by atoms with Crippen molar-refractivity contribution in [1.82, 2.24) is 0 Å². The summed E-state index contributed by atoms with van der Waals surface area (Å²) in [5.41, 5.74) is 1.62. The van der Waals surface area contributed by atoms with E-state index in [0.29, 0.717) is 22.1 Å². The molecule has 10 heteroatoms. The molecule has 0 saturated heterocycles. The first-order chi connectivity index (χ1) is 21.7. The zero-order valence-electron chi connectivity index (χ0n) is 30.9. The van der Waals surface area contributed by atoms with Crippen LogP contribution in [0.4, 0.5) is 8.78 Å². The van der Waals surface area contributed by atoms with Crippen LogP contribution in [0.25, 0.3) is 0 Å². The number of ether oxygens (including phenoxy) is 5. The highest BCUT2D eigenvalue weighted by Crippen LogP contribution is 2.57. The van der Waals surface area contributed by atoms with E-state index in [2.05, 4.69) is 83.1 Å². The van der Waals surface area contributed by atoms with Crippen molar-refractivity contribution >= 4 is 34.7 Å². The minimum absolute atomic E-state index is 0.0795. The second-order valence-corrected chi connectivity index (χ2v) is 19.6. The van der Waals surface area contributed by atoms with Crippen LogP contribution in [0.2, 0.25) is 5.02 Å². The molecule has 264 valence electrons. The lowest BCUT2D eigenvalue weighted by Gasteiger charge is -2.34. The zero-order valence-corrected chi connectivity index (χ0v) is 32.6. The SMILES string of the molecule is COc1cc(P(=O)(c2cc(C(C)(C)C)c(OC)c(C(C)(C)C)c2)c2cc(C(C)(C)C)c(OC)c(C(C)(C)C)c2)c(Cl)c2c1OC(F)(F)O2. The smallest absolute Gasteiger partial charge is 0.496 e. The number of methoxy groups -OCH3 is 3. The van der Waals surface area contributed by atoms with Crippen LogP contribution in [0.3, 0.4) is 0 Å². The molecular formula is C38H50ClF2O6P. The summed E-state index contributed by atoms with van der Waals surface area (Å²) in [6.45, 7) is 24.8. The standard InChI is InChI=1S/C38H50ClF2O6P/c1-34(2,3)23-16-21(17-24(30(23)44-14)35(4,5)6)48(42,28-20-27(43-13)32-33(29(28)39)47-38(40,41)46-32)22-18-25(36(7,8)9)31(45-15)26(19-22)37(10,11)12/h16-20H,1-15H3. The van der Waals surface area contributed by atoms with Gasteiger partial charge in [0.2, 0.25) is 5.75 Å². The van der Waals surface area contributed by atoms with Crippen LogP contribution in [0.5, 0.6) is 28.7 Å². The summed E-state index contributed by atoms with van der Waals surface area (Å²) in [4.78, 5) is 0. The fourth-order valence-corrected chi connectivity index (χ4v) is 9.41. The number of benzene rings is 3. The van der Waals surface area contributed by atoms with Gasteiger partial charge in [-0.3, -0.25) is 0 Å². The normalized spacial score (nSPS) is 15.0. The molecule has 3 aromatic carbocycles. The van der Waals surface area contributed by atoms with Crippen LogP contribution < -0.4 is 39.6 Å². The van der Waals surface area contributed by atoms with Crippen molar-refractivity contribution in [3.8, 4) is 28.7 Å². The average Bonchev–Trinajstić information content (AvgIpc) is 3.29. The molecule has 0 N–H and O–H groups in total. The molecule has 0 bridgehead atoms. The highest BCUT2D eigenvalue weighted by molar-refractivity contribution is 7.85. The molecule has 0 fully saturated rings. The van der Waals surface area contributed by atoms with Gasteiger partial charge in [-0.15, -0.1) is 8.78 Å². The molecule has 0 saturated carbocycles. The molecule has 1 heterocycles. The zero-order chi connectivity index (χ0) is 36.6. The third kappa shape index (κ3) is 6.64. The van der Waals surface area contributed by atoms with Gasteiger partial charge in [-0.25, -0.2) is 0 Å². The quantitative estimate of drug-likeness (QED) is 0.238. The molecule has 0 radical (unpaired) electrons.